The van der Waals surface area contributed by atoms with Gasteiger partial charge in [-0.3, -0.25) is 0 Å². The number of rotatable bonds is 2. The van der Waals surface area contributed by atoms with Crippen LogP contribution in [0.4, 0.5) is 11.4 Å². The zero-order valence-corrected chi connectivity index (χ0v) is 11.5. The molecule has 2 aromatic carbocycles. The van der Waals surface area contributed by atoms with E-state index in [0.29, 0.717) is 0 Å². The van der Waals surface area contributed by atoms with Crippen molar-refractivity contribution in [2.75, 3.05) is 10.5 Å². The molecular weight excluding hydrogens is 258 g/mol. The maximum absolute atomic E-state index is 6.05. The molecule has 100 valence electrons. The molecule has 0 atom stereocenters. The van der Waals surface area contributed by atoms with Gasteiger partial charge in [-0.15, -0.1) is 0 Å². The van der Waals surface area contributed by atoms with Crippen molar-refractivity contribution in [3.63, 3.8) is 0 Å². The molecule has 0 aromatic heterocycles. The number of hydrogen-bond acceptors (Lipinski definition) is 3. The molecule has 2 aliphatic heterocycles. The third kappa shape index (κ3) is 2.48. The SMILES string of the molecule is C1=Cc2ccccc2NB1OB1C=Cc2ccccc2N1. The van der Waals surface area contributed by atoms with Crippen molar-refractivity contribution in [1.82, 2.24) is 0 Å². The van der Waals surface area contributed by atoms with Crippen molar-refractivity contribution < 1.29 is 4.57 Å². The van der Waals surface area contributed by atoms with Crippen LogP contribution in [-0.4, -0.2) is 14.1 Å². The third-order valence-corrected chi connectivity index (χ3v) is 3.71. The summed E-state index contributed by atoms with van der Waals surface area (Å²) in [7, 11) is -0.264. The van der Waals surface area contributed by atoms with E-state index in [1.807, 2.05) is 36.2 Å². The second-order valence-electron chi connectivity index (χ2n) is 5.16. The van der Waals surface area contributed by atoms with Crippen LogP contribution in [0.1, 0.15) is 11.1 Å². The molecule has 5 heteroatoms. The summed E-state index contributed by atoms with van der Waals surface area (Å²) in [5.41, 5.74) is 4.58. The molecule has 0 saturated heterocycles. The van der Waals surface area contributed by atoms with E-state index in [1.54, 1.807) is 0 Å². The van der Waals surface area contributed by atoms with E-state index in [-0.39, 0.29) is 14.1 Å². The Morgan fingerprint density at radius 1 is 0.667 bits per heavy atom. The number of nitrogens with one attached hydrogen (secondary N) is 2. The Hall–Kier alpha value is -2.39. The van der Waals surface area contributed by atoms with Gasteiger partial charge in [0.2, 0.25) is 0 Å². The van der Waals surface area contributed by atoms with Gasteiger partial charge in [0.15, 0.2) is 0 Å². The van der Waals surface area contributed by atoms with Gasteiger partial charge in [-0.05, 0) is 23.3 Å². The standard InChI is InChI=1S/C16H14B2N2O/c1-3-7-15-13(5-1)9-11-17(19-15)21-18-12-10-14-6-2-4-8-16(14)20-18/h1-12,19-20H. The maximum Gasteiger partial charge on any atom is 0.427 e. The lowest BCUT2D eigenvalue weighted by atomic mass is 9.70. The Labute approximate surface area is 125 Å². The predicted octanol–water partition coefficient (Wildman–Crippen LogP) is 3.34. The number of fused-ring (bicyclic) bond motifs is 2. The largest absolute Gasteiger partial charge is 0.455 e. The Morgan fingerprint density at radius 2 is 1.14 bits per heavy atom. The highest BCUT2D eigenvalue weighted by molar-refractivity contribution is 6.76. The molecular formula is C16H14B2N2O. The number of anilines is 2. The van der Waals surface area contributed by atoms with Gasteiger partial charge < -0.3 is 15.0 Å². The minimum absolute atomic E-state index is 0.132. The molecule has 4 rings (SSSR count). The van der Waals surface area contributed by atoms with Gasteiger partial charge >= 0.3 is 14.1 Å². The first-order valence-electron chi connectivity index (χ1n) is 7.11. The van der Waals surface area contributed by atoms with Gasteiger partial charge in [0.05, 0.1) is 0 Å². The number of para-hydroxylation sites is 2. The molecule has 0 saturated carbocycles. The van der Waals surface area contributed by atoms with Crippen molar-refractivity contribution >= 4 is 37.6 Å². The quantitative estimate of drug-likeness (QED) is 0.822. The fourth-order valence-corrected chi connectivity index (χ4v) is 2.65. The molecule has 2 aliphatic rings. The number of hydrogen-bond donors (Lipinski definition) is 2. The van der Waals surface area contributed by atoms with Crippen molar-refractivity contribution in [3.8, 4) is 0 Å². The smallest absolute Gasteiger partial charge is 0.427 e. The van der Waals surface area contributed by atoms with Crippen LogP contribution in [-0.2, 0) is 4.57 Å². The summed E-state index contributed by atoms with van der Waals surface area (Å²) >= 11 is 0. The summed E-state index contributed by atoms with van der Waals surface area (Å²) < 4.78 is 6.05. The lowest BCUT2D eigenvalue weighted by molar-refractivity contribution is 0.618. The minimum Gasteiger partial charge on any atom is -0.455 e. The Kier molecular flexibility index (Phi) is 3.05. The molecule has 0 fully saturated rings. The fraction of sp³-hybridized carbons (Fsp3) is 0. The van der Waals surface area contributed by atoms with Gasteiger partial charge in [0.25, 0.3) is 0 Å². The molecule has 0 bridgehead atoms. The highest BCUT2D eigenvalue weighted by Gasteiger charge is 2.26. The van der Waals surface area contributed by atoms with Crippen LogP contribution >= 0.6 is 0 Å². The first-order valence-corrected chi connectivity index (χ1v) is 7.11. The molecule has 2 aromatic rings. The minimum atomic E-state index is -0.132. The molecule has 0 radical (unpaired) electrons. The highest BCUT2D eigenvalue weighted by Crippen LogP contribution is 2.24. The van der Waals surface area contributed by atoms with Crippen LogP contribution in [0.15, 0.2) is 60.5 Å². The summed E-state index contributed by atoms with van der Waals surface area (Å²) in [6.07, 6.45) is 4.19. The summed E-state index contributed by atoms with van der Waals surface area (Å²) in [6, 6.07) is 16.4. The van der Waals surface area contributed by atoms with E-state index in [1.165, 1.54) is 11.1 Å². The molecule has 0 unspecified atom stereocenters. The lowest BCUT2D eigenvalue weighted by Gasteiger charge is -2.25. The predicted molar refractivity (Wildman–Crippen MR) is 90.8 cm³/mol. The molecule has 21 heavy (non-hydrogen) atoms. The summed E-state index contributed by atoms with van der Waals surface area (Å²) in [5, 5.41) is 6.77. The zero-order chi connectivity index (χ0) is 14.1. The fourth-order valence-electron chi connectivity index (χ4n) is 2.65. The first-order chi connectivity index (χ1) is 10.4. The molecule has 0 aliphatic carbocycles. The van der Waals surface area contributed by atoms with Crippen LogP contribution in [0.2, 0.25) is 0 Å². The van der Waals surface area contributed by atoms with Crippen LogP contribution in [0.5, 0.6) is 0 Å². The molecule has 2 heterocycles. The van der Waals surface area contributed by atoms with E-state index in [2.05, 4.69) is 46.9 Å². The van der Waals surface area contributed by atoms with Crippen molar-refractivity contribution in [3.05, 3.63) is 71.6 Å². The highest BCUT2D eigenvalue weighted by atomic mass is 16.4. The second kappa shape index (κ2) is 5.19. The Bertz CT molecular complexity index is 668. The first kappa shape index (κ1) is 12.4. The monoisotopic (exact) mass is 272 g/mol. The van der Waals surface area contributed by atoms with Gasteiger partial charge in [0.1, 0.15) is 0 Å². The average Bonchev–Trinajstić information content (AvgIpc) is 2.55. The van der Waals surface area contributed by atoms with Crippen molar-refractivity contribution in [2.45, 2.75) is 0 Å². The molecule has 0 spiro atoms. The molecule has 3 nitrogen and oxygen atoms in total. The summed E-state index contributed by atoms with van der Waals surface area (Å²) in [6.45, 7) is 0. The van der Waals surface area contributed by atoms with Gasteiger partial charge in [0, 0.05) is 11.4 Å². The van der Waals surface area contributed by atoms with Crippen molar-refractivity contribution in [2.24, 2.45) is 0 Å². The normalized spacial score (nSPS) is 15.0. The molecule has 2 N–H and O–H groups in total. The van der Waals surface area contributed by atoms with Crippen LogP contribution in [0.3, 0.4) is 0 Å². The van der Waals surface area contributed by atoms with Gasteiger partial charge in [-0.25, -0.2) is 0 Å². The number of benzene rings is 2. The van der Waals surface area contributed by atoms with Gasteiger partial charge in [-0.1, -0.05) is 60.5 Å². The van der Waals surface area contributed by atoms with E-state index in [4.69, 9.17) is 4.57 Å². The average molecular weight is 272 g/mol. The van der Waals surface area contributed by atoms with E-state index in [9.17, 15) is 0 Å². The third-order valence-electron chi connectivity index (χ3n) is 3.71. The van der Waals surface area contributed by atoms with E-state index in [0.717, 1.165) is 11.4 Å². The van der Waals surface area contributed by atoms with E-state index >= 15 is 0 Å². The zero-order valence-electron chi connectivity index (χ0n) is 11.5. The summed E-state index contributed by atoms with van der Waals surface area (Å²) in [5.74, 6) is 4.08. The molecule has 0 amide bonds. The van der Waals surface area contributed by atoms with Crippen LogP contribution in [0.25, 0.3) is 12.2 Å². The van der Waals surface area contributed by atoms with Crippen molar-refractivity contribution in [1.29, 1.82) is 0 Å². The summed E-state index contributed by atoms with van der Waals surface area (Å²) in [4.78, 5) is 0. The van der Waals surface area contributed by atoms with Crippen LogP contribution in [0, 0.1) is 0 Å². The Balaban J connectivity index is 1.47. The van der Waals surface area contributed by atoms with Crippen LogP contribution < -0.4 is 10.5 Å². The van der Waals surface area contributed by atoms with Gasteiger partial charge in [-0.2, -0.15) is 0 Å². The van der Waals surface area contributed by atoms with E-state index < -0.39 is 0 Å². The topological polar surface area (TPSA) is 33.3 Å². The Morgan fingerprint density at radius 3 is 1.67 bits per heavy atom. The maximum atomic E-state index is 6.05. The lowest BCUT2D eigenvalue weighted by Crippen LogP contribution is -2.40. The second-order valence-corrected chi connectivity index (χ2v) is 5.16.